The van der Waals surface area contributed by atoms with E-state index in [2.05, 4.69) is 5.32 Å². The molecule has 0 radical (unpaired) electrons. The number of anilines is 1. The summed E-state index contributed by atoms with van der Waals surface area (Å²) in [6, 6.07) is 13.5. The van der Waals surface area contributed by atoms with E-state index in [4.69, 9.17) is 21.1 Å². The maximum Gasteiger partial charge on any atom is 0.273 e. The molecule has 0 aliphatic rings. The van der Waals surface area contributed by atoms with Crippen molar-refractivity contribution in [1.82, 2.24) is 10.2 Å². The predicted octanol–water partition coefficient (Wildman–Crippen LogP) is 5.10. The van der Waals surface area contributed by atoms with Gasteiger partial charge in [-0.25, -0.2) is 8.42 Å². The molecular formula is C31H37ClN4O8S. The second-order valence-electron chi connectivity index (χ2n) is 10.4. The molecule has 0 aromatic heterocycles. The number of carbonyl (C=O) groups excluding carboxylic acids is 2. The van der Waals surface area contributed by atoms with Gasteiger partial charge in [-0.1, -0.05) is 36.7 Å². The Balaban J connectivity index is 2.15. The molecule has 2 amide bonds. The van der Waals surface area contributed by atoms with Crippen molar-refractivity contribution in [1.29, 1.82) is 0 Å². The van der Waals surface area contributed by atoms with Crippen molar-refractivity contribution in [3.05, 3.63) is 86.9 Å². The van der Waals surface area contributed by atoms with Gasteiger partial charge in [0, 0.05) is 29.2 Å². The Morgan fingerprint density at radius 3 is 2.27 bits per heavy atom. The van der Waals surface area contributed by atoms with E-state index in [1.54, 1.807) is 31.2 Å². The van der Waals surface area contributed by atoms with E-state index < -0.39 is 49.9 Å². The topological polar surface area (TPSA) is 148 Å². The van der Waals surface area contributed by atoms with E-state index in [9.17, 15) is 28.1 Å². The lowest BCUT2D eigenvalue weighted by atomic mass is 10.1. The number of nitrogens with zero attached hydrogens (tertiary/aromatic N) is 3. The minimum Gasteiger partial charge on any atom is -0.497 e. The third-order valence-corrected chi connectivity index (χ3v) is 9.32. The third-order valence-electron chi connectivity index (χ3n) is 7.33. The number of halogens is 1. The van der Waals surface area contributed by atoms with Crippen LogP contribution in [-0.4, -0.2) is 62.9 Å². The Bertz CT molecular complexity index is 1650. The van der Waals surface area contributed by atoms with Crippen LogP contribution in [0.25, 0.3) is 0 Å². The number of hydrogen-bond acceptors (Lipinski definition) is 8. The van der Waals surface area contributed by atoms with Gasteiger partial charge in [-0.15, -0.1) is 0 Å². The zero-order valence-corrected chi connectivity index (χ0v) is 27.5. The molecule has 242 valence electrons. The summed E-state index contributed by atoms with van der Waals surface area (Å²) in [5.41, 5.74) is 0.449. The molecule has 0 aliphatic carbocycles. The zero-order chi connectivity index (χ0) is 33.5. The molecule has 14 heteroatoms. The van der Waals surface area contributed by atoms with Gasteiger partial charge >= 0.3 is 0 Å². The van der Waals surface area contributed by atoms with Crippen LogP contribution in [0.2, 0.25) is 5.02 Å². The zero-order valence-electron chi connectivity index (χ0n) is 25.9. The summed E-state index contributed by atoms with van der Waals surface area (Å²) >= 11 is 6.26. The number of aryl methyl sites for hydroxylation is 1. The molecule has 0 spiro atoms. The van der Waals surface area contributed by atoms with E-state index in [-0.39, 0.29) is 34.6 Å². The highest BCUT2D eigenvalue weighted by atomic mass is 35.5. The van der Waals surface area contributed by atoms with Crippen LogP contribution in [-0.2, 0) is 26.2 Å². The van der Waals surface area contributed by atoms with Crippen molar-refractivity contribution in [3.8, 4) is 11.5 Å². The smallest absolute Gasteiger partial charge is 0.273 e. The molecule has 0 saturated heterocycles. The first-order valence-electron chi connectivity index (χ1n) is 14.1. The molecule has 3 aromatic carbocycles. The van der Waals surface area contributed by atoms with Crippen LogP contribution >= 0.6 is 11.6 Å². The molecule has 3 aromatic rings. The van der Waals surface area contributed by atoms with Crippen LogP contribution in [0.15, 0.2) is 65.6 Å². The normalized spacial score (nSPS) is 12.5. The van der Waals surface area contributed by atoms with E-state index in [1.807, 2.05) is 13.8 Å². The summed E-state index contributed by atoms with van der Waals surface area (Å²) in [6.45, 7) is 5.97. The number of amides is 2. The molecule has 0 aliphatic heterocycles. The highest BCUT2D eigenvalue weighted by Gasteiger charge is 2.35. The number of rotatable bonds is 14. The summed E-state index contributed by atoms with van der Waals surface area (Å²) in [6.07, 6.45) is 0.661. The van der Waals surface area contributed by atoms with E-state index in [0.717, 1.165) is 10.4 Å². The first-order chi connectivity index (χ1) is 21.2. The van der Waals surface area contributed by atoms with Crippen molar-refractivity contribution in [3.63, 3.8) is 0 Å². The Kier molecular flexibility index (Phi) is 11.8. The van der Waals surface area contributed by atoms with Gasteiger partial charge < -0.3 is 19.7 Å². The quantitative estimate of drug-likeness (QED) is 0.185. The molecule has 0 fully saturated rings. The lowest BCUT2D eigenvalue weighted by molar-refractivity contribution is -0.385. The second kappa shape index (κ2) is 15.1. The first-order valence-corrected chi connectivity index (χ1v) is 15.9. The van der Waals surface area contributed by atoms with Crippen molar-refractivity contribution in [2.45, 2.75) is 57.6 Å². The monoisotopic (exact) mass is 660 g/mol. The summed E-state index contributed by atoms with van der Waals surface area (Å²) in [5, 5.41) is 14.7. The summed E-state index contributed by atoms with van der Waals surface area (Å²) in [4.78, 5) is 39.3. The van der Waals surface area contributed by atoms with Gasteiger partial charge in [-0.3, -0.25) is 24.0 Å². The minimum atomic E-state index is -4.63. The Morgan fingerprint density at radius 1 is 1.02 bits per heavy atom. The van der Waals surface area contributed by atoms with Gasteiger partial charge in [0.2, 0.25) is 11.8 Å². The molecule has 3 rings (SSSR count). The van der Waals surface area contributed by atoms with Gasteiger partial charge in [0.15, 0.2) is 0 Å². The first kappa shape index (κ1) is 35.1. The minimum absolute atomic E-state index is 0.0332. The number of nitrogens with one attached hydrogen (secondary N) is 1. The second-order valence-corrected chi connectivity index (χ2v) is 12.7. The number of carbonyl (C=O) groups is 2. The SMILES string of the molecule is CCC(C)NC(=O)C(C)N(Cc1ccc(OC)cc1)C(=O)CN(c1cc(Cl)ccc1OC)S(=O)(=O)c1ccc(C)c([N+](=O)[O-])c1. The predicted molar refractivity (Wildman–Crippen MR) is 171 cm³/mol. The van der Waals surface area contributed by atoms with Gasteiger partial charge in [-0.05, 0) is 69.2 Å². The molecule has 0 bridgehead atoms. The van der Waals surface area contributed by atoms with Crippen LogP contribution in [0, 0.1) is 17.0 Å². The Morgan fingerprint density at radius 2 is 1.69 bits per heavy atom. The number of methoxy groups -OCH3 is 2. The summed E-state index contributed by atoms with van der Waals surface area (Å²) in [5.74, 6) is -0.460. The van der Waals surface area contributed by atoms with E-state index >= 15 is 0 Å². The molecule has 2 unspecified atom stereocenters. The molecule has 0 saturated carbocycles. The third kappa shape index (κ3) is 8.43. The number of ether oxygens (including phenoxy) is 2. The fourth-order valence-corrected chi connectivity index (χ4v) is 6.02. The van der Waals surface area contributed by atoms with Gasteiger partial charge in [0.1, 0.15) is 24.1 Å². The average Bonchev–Trinajstić information content (AvgIpc) is 3.01. The molecule has 12 nitrogen and oxygen atoms in total. The van der Waals surface area contributed by atoms with E-state index in [1.165, 1.54) is 56.4 Å². The summed E-state index contributed by atoms with van der Waals surface area (Å²) in [7, 11) is -1.78. The van der Waals surface area contributed by atoms with Crippen LogP contribution in [0.4, 0.5) is 11.4 Å². The lowest BCUT2D eigenvalue weighted by Crippen LogP contribution is -2.52. The fraction of sp³-hybridized carbons (Fsp3) is 0.355. The molecular weight excluding hydrogens is 624 g/mol. The van der Waals surface area contributed by atoms with Crippen LogP contribution in [0.3, 0.4) is 0 Å². The molecule has 0 heterocycles. The number of hydrogen-bond donors (Lipinski definition) is 1. The van der Waals surface area contributed by atoms with Crippen molar-refractivity contribution >= 4 is 44.8 Å². The fourth-order valence-electron chi connectivity index (χ4n) is 4.42. The summed E-state index contributed by atoms with van der Waals surface area (Å²) < 4.78 is 39.9. The van der Waals surface area contributed by atoms with Crippen LogP contribution in [0.5, 0.6) is 11.5 Å². The van der Waals surface area contributed by atoms with Crippen LogP contribution in [0.1, 0.15) is 38.3 Å². The van der Waals surface area contributed by atoms with Gasteiger partial charge in [-0.2, -0.15) is 0 Å². The highest BCUT2D eigenvalue weighted by molar-refractivity contribution is 7.92. The number of benzene rings is 3. The largest absolute Gasteiger partial charge is 0.497 e. The van der Waals surface area contributed by atoms with Crippen LogP contribution < -0.4 is 19.1 Å². The van der Waals surface area contributed by atoms with E-state index in [0.29, 0.717) is 17.7 Å². The molecule has 2 atom stereocenters. The maximum absolute atomic E-state index is 14.2. The standard InChI is InChI=1S/C31H37ClN4O8S/c1-7-21(3)33-31(38)22(4)34(18-23-9-12-25(43-5)13-10-23)30(37)19-35(28-16-24(32)11-15-29(28)44-6)45(41,42)26-14-8-20(2)27(17-26)36(39)40/h8-17,21-22H,7,18-19H2,1-6H3,(H,33,38). The number of nitro groups is 1. The number of nitro benzene ring substituents is 1. The van der Waals surface area contributed by atoms with Gasteiger partial charge in [0.05, 0.1) is 29.7 Å². The van der Waals surface area contributed by atoms with Gasteiger partial charge in [0.25, 0.3) is 15.7 Å². The Labute approximate surface area is 268 Å². The lowest BCUT2D eigenvalue weighted by Gasteiger charge is -2.33. The Hall–Kier alpha value is -4.36. The van der Waals surface area contributed by atoms with Crippen molar-refractivity contribution in [2.75, 3.05) is 25.1 Å². The van der Waals surface area contributed by atoms with Crippen molar-refractivity contribution < 1.29 is 32.4 Å². The average molecular weight is 661 g/mol. The molecule has 1 N–H and O–H groups in total. The highest BCUT2D eigenvalue weighted by Crippen LogP contribution is 2.36. The number of sulfonamides is 1. The van der Waals surface area contributed by atoms with Crippen molar-refractivity contribution in [2.24, 2.45) is 0 Å². The maximum atomic E-state index is 14.2. The molecule has 45 heavy (non-hydrogen) atoms.